The van der Waals surface area contributed by atoms with Crippen LogP contribution in [0.25, 0.3) is 10.9 Å². The lowest BCUT2D eigenvalue weighted by Gasteiger charge is -2.16. The maximum atomic E-state index is 12.9. The van der Waals surface area contributed by atoms with E-state index in [9.17, 15) is 13.2 Å². The van der Waals surface area contributed by atoms with Crippen molar-refractivity contribution in [3.8, 4) is 0 Å². The van der Waals surface area contributed by atoms with Gasteiger partial charge in [-0.2, -0.15) is 13.2 Å². The summed E-state index contributed by atoms with van der Waals surface area (Å²) in [5.74, 6) is -1.09. The molecular weight excluding hydrogens is 299 g/mol. The van der Waals surface area contributed by atoms with Gasteiger partial charge in [0.2, 0.25) is 5.82 Å². The zero-order chi connectivity index (χ0) is 16.3. The van der Waals surface area contributed by atoms with Gasteiger partial charge in [-0.3, -0.25) is 0 Å². The van der Waals surface area contributed by atoms with Gasteiger partial charge in [0.25, 0.3) is 0 Å². The number of halogens is 3. The number of aromatic nitrogens is 2. The molecule has 1 aromatic carbocycles. The van der Waals surface area contributed by atoms with E-state index in [0.717, 1.165) is 5.56 Å². The summed E-state index contributed by atoms with van der Waals surface area (Å²) in [7, 11) is 2.89. The molecule has 22 heavy (non-hydrogen) atoms. The second kappa shape index (κ2) is 6.45. The molecule has 0 unspecified atom stereocenters. The van der Waals surface area contributed by atoms with Crippen molar-refractivity contribution in [1.82, 2.24) is 9.97 Å². The fraction of sp³-hybridized carbons (Fsp3) is 0.429. The Morgan fingerprint density at radius 2 is 1.86 bits per heavy atom. The van der Waals surface area contributed by atoms with E-state index in [2.05, 4.69) is 15.3 Å². The van der Waals surface area contributed by atoms with Crippen LogP contribution in [0.4, 0.5) is 19.0 Å². The lowest BCUT2D eigenvalue weighted by atomic mass is 10.1. The molecule has 0 aliphatic rings. The van der Waals surface area contributed by atoms with Crippen LogP contribution >= 0.6 is 0 Å². The van der Waals surface area contributed by atoms with Crippen LogP contribution in [-0.4, -0.2) is 37.0 Å². The third kappa shape index (κ3) is 3.63. The lowest BCUT2D eigenvalue weighted by Crippen LogP contribution is -2.24. The van der Waals surface area contributed by atoms with Crippen molar-refractivity contribution in [3.63, 3.8) is 0 Å². The molecule has 0 atom stereocenters. The number of ether oxygens (including phenoxy) is 2. The minimum Gasteiger partial charge on any atom is -0.364 e. The van der Waals surface area contributed by atoms with Crippen molar-refractivity contribution < 1.29 is 22.6 Å². The van der Waals surface area contributed by atoms with Crippen LogP contribution in [0, 0.1) is 6.92 Å². The molecule has 2 rings (SSSR count). The van der Waals surface area contributed by atoms with Crippen molar-refractivity contribution in [2.45, 2.75) is 19.4 Å². The topological polar surface area (TPSA) is 56.3 Å². The molecule has 1 aromatic heterocycles. The van der Waals surface area contributed by atoms with Gasteiger partial charge in [-0.1, -0.05) is 11.6 Å². The summed E-state index contributed by atoms with van der Waals surface area (Å²) in [6, 6.07) is 4.97. The van der Waals surface area contributed by atoms with E-state index in [1.807, 2.05) is 6.92 Å². The fourth-order valence-electron chi connectivity index (χ4n) is 1.95. The highest BCUT2D eigenvalue weighted by molar-refractivity contribution is 5.89. The molecule has 1 N–H and O–H groups in total. The zero-order valence-electron chi connectivity index (χ0n) is 12.4. The highest BCUT2D eigenvalue weighted by Gasteiger charge is 2.35. The number of anilines is 1. The largest absolute Gasteiger partial charge is 0.451 e. The number of benzene rings is 1. The van der Waals surface area contributed by atoms with Crippen molar-refractivity contribution in [2.24, 2.45) is 0 Å². The Morgan fingerprint density at radius 3 is 2.45 bits per heavy atom. The smallest absolute Gasteiger partial charge is 0.364 e. The van der Waals surface area contributed by atoms with E-state index in [4.69, 9.17) is 9.47 Å². The molecule has 120 valence electrons. The maximum Gasteiger partial charge on any atom is 0.451 e. The van der Waals surface area contributed by atoms with Crippen molar-refractivity contribution >= 4 is 16.7 Å². The molecule has 0 bridgehead atoms. The predicted molar refractivity (Wildman–Crippen MR) is 75.6 cm³/mol. The molecule has 0 aliphatic carbocycles. The first-order valence-corrected chi connectivity index (χ1v) is 6.50. The van der Waals surface area contributed by atoms with Gasteiger partial charge in [0.15, 0.2) is 6.29 Å². The molecule has 0 aliphatic heterocycles. The summed E-state index contributed by atoms with van der Waals surface area (Å²) in [5.41, 5.74) is 1.12. The average Bonchev–Trinajstić information content (AvgIpc) is 2.47. The van der Waals surface area contributed by atoms with E-state index in [-0.39, 0.29) is 17.9 Å². The quantitative estimate of drug-likeness (QED) is 0.860. The SMILES string of the molecule is COC(CNc1nc(C(F)(F)F)nc2ccc(C)cc12)OC. The fourth-order valence-corrected chi connectivity index (χ4v) is 1.95. The Bertz CT molecular complexity index is 658. The summed E-state index contributed by atoms with van der Waals surface area (Å²) >= 11 is 0. The Balaban J connectivity index is 2.46. The molecule has 0 saturated heterocycles. The van der Waals surface area contributed by atoms with Crippen LogP contribution in [0.2, 0.25) is 0 Å². The third-order valence-electron chi connectivity index (χ3n) is 3.07. The second-order valence-corrected chi connectivity index (χ2v) is 4.70. The molecule has 5 nitrogen and oxygen atoms in total. The first-order valence-electron chi connectivity index (χ1n) is 6.50. The molecule has 0 spiro atoms. The predicted octanol–water partition coefficient (Wildman–Crippen LogP) is 2.99. The van der Waals surface area contributed by atoms with E-state index in [0.29, 0.717) is 5.39 Å². The molecular formula is C14H16F3N3O2. The number of alkyl halides is 3. The highest BCUT2D eigenvalue weighted by Crippen LogP contribution is 2.30. The number of fused-ring (bicyclic) bond motifs is 1. The van der Waals surface area contributed by atoms with Crippen LogP contribution in [0.1, 0.15) is 11.4 Å². The second-order valence-electron chi connectivity index (χ2n) is 4.70. The maximum absolute atomic E-state index is 12.9. The van der Waals surface area contributed by atoms with E-state index < -0.39 is 18.3 Å². The first kappa shape index (κ1) is 16.4. The van der Waals surface area contributed by atoms with Crippen LogP contribution in [-0.2, 0) is 15.7 Å². The summed E-state index contributed by atoms with van der Waals surface area (Å²) in [4.78, 5) is 7.17. The Labute approximate surface area is 125 Å². The number of aryl methyl sites for hydroxylation is 1. The van der Waals surface area contributed by atoms with Crippen molar-refractivity contribution in [3.05, 3.63) is 29.6 Å². The van der Waals surface area contributed by atoms with Gasteiger partial charge in [-0.05, 0) is 19.1 Å². The number of nitrogens with one attached hydrogen (secondary N) is 1. The lowest BCUT2D eigenvalue weighted by molar-refractivity contribution is -0.144. The van der Waals surface area contributed by atoms with Gasteiger partial charge in [0, 0.05) is 19.6 Å². The number of methoxy groups -OCH3 is 2. The van der Waals surface area contributed by atoms with E-state index in [1.54, 1.807) is 12.1 Å². The normalized spacial score (nSPS) is 12.1. The summed E-state index contributed by atoms with van der Waals surface area (Å²) in [6.07, 6.45) is -5.21. The monoisotopic (exact) mass is 315 g/mol. The molecule has 0 fully saturated rings. The van der Waals surface area contributed by atoms with Gasteiger partial charge in [-0.25, -0.2) is 9.97 Å². The summed E-state index contributed by atoms with van der Waals surface area (Å²) < 4.78 is 48.7. The van der Waals surface area contributed by atoms with Gasteiger partial charge < -0.3 is 14.8 Å². The summed E-state index contributed by atoms with van der Waals surface area (Å²) in [6.45, 7) is 2.00. The Hall–Kier alpha value is -1.93. The zero-order valence-corrected chi connectivity index (χ0v) is 12.4. The van der Waals surface area contributed by atoms with Crippen LogP contribution in [0.5, 0.6) is 0 Å². The van der Waals surface area contributed by atoms with Crippen LogP contribution < -0.4 is 5.32 Å². The minimum atomic E-state index is -4.61. The van der Waals surface area contributed by atoms with Crippen LogP contribution in [0.3, 0.4) is 0 Å². The number of nitrogens with zero attached hydrogens (tertiary/aromatic N) is 2. The molecule has 0 saturated carbocycles. The molecule has 1 heterocycles. The van der Waals surface area contributed by atoms with Gasteiger partial charge >= 0.3 is 6.18 Å². The molecule has 0 amide bonds. The summed E-state index contributed by atoms with van der Waals surface area (Å²) in [5, 5.41) is 3.34. The Kier molecular flexibility index (Phi) is 4.82. The standard InChI is InChI=1S/C14H16F3N3O2/c1-8-4-5-10-9(6-8)12(18-7-11(21-2)22-3)20-13(19-10)14(15,16)17/h4-6,11H,7H2,1-3H3,(H,18,19,20). The average molecular weight is 315 g/mol. The number of hydrogen-bond donors (Lipinski definition) is 1. The van der Waals surface area contributed by atoms with E-state index in [1.165, 1.54) is 20.3 Å². The van der Waals surface area contributed by atoms with Crippen LogP contribution in [0.15, 0.2) is 18.2 Å². The molecule has 8 heteroatoms. The van der Waals surface area contributed by atoms with Gasteiger partial charge in [0.1, 0.15) is 5.82 Å². The minimum absolute atomic E-state index is 0.0973. The highest BCUT2D eigenvalue weighted by atomic mass is 19.4. The van der Waals surface area contributed by atoms with Crippen molar-refractivity contribution in [1.29, 1.82) is 0 Å². The molecule has 0 radical (unpaired) electrons. The number of rotatable bonds is 5. The van der Waals surface area contributed by atoms with Crippen molar-refractivity contribution in [2.75, 3.05) is 26.1 Å². The first-order chi connectivity index (χ1) is 10.3. The van der Waals surface area contributed by atoms with E-state index >= 15 is 0 Å². The molecule has 2 aromatic rings. The third-order valence-corrected chi connectivity index (χ3v) is 3.07. The Morgan fingerprint density at radius 1 is 1.18 bits per heavy atom. The van der Waals surface area contributed by atoms with Gasteiger partial charge in [-0.15, -0.1) is 0 Å². The number of hydrogen-bond acceptors (Lipinski definition) is 5. The van der Waals surface area contributed by atoms with Gasteiger partial charge in [0.05, 0.1) is 12.1 Å².